The van der Waals surface area contributed by atoms with Gasteiger partial charge in [-0.05, 0) is 29.7 Å². The van der Waals surface area contributed by atoms with Crippen molar-refractivity contribution in [2.24, 2.45) is 11.0 Å². The van der Waals surface area contributed by atoms with E-state index in [0.29, 0.717) is 12.0 Å². The molecule has 0 spiro atoms. The number of alkyl halides is 2. The Morgan fingerprint density at radius 1 is 1.21 bits per heavy atom. The zero-order valence-corrected chi connectivity index (χ0v) is 14.2. The van der Waals surface area contributed by atoms with Crippen molar-refractivity contribution in [3.8, 4) is 5.75 Å². The normalized spacial score (nSPS) is 19.6. The molecule has 124 valence electrons. The minimum atomic E-state index is -0.674. The van der Waals surface area contributed by atoms with E-state index >= 15 is 0 Å². The number of hydrogen-bond donors (Lipinski definition) is 2. The van der Waals surface area contributed by atoms with Crippen LogP contribution in [0.15, 0.2) is 53.6 Å². The van der Waals surface area contributed by atoms with Gasteiger partial charge in [0.25, 0.3) is 0 Å². The molecule has 4 nitrogen and oxygen atoms in total. The number of hydrazone groups is 1. The summed E-state index contributed by atoms with van der Waals surface area (Å²) in [5.74, 6) is -0.772. The van der Waals surface area contributed by atoms with E-state index in [2.05, 4.69) is 10.5 Å². The number of fused-ring (bicyclic) bond motifs is 1. The molecule has 1 aliphatic rings. The summed E-state index contributed by atoms with van der Waals surface area (Å²) in [7, 11) is 0. The third kappa shape index (κ3) is 3.40. The fraction of sp³-hybridized carbons (Fsp3) is 0.222. The Morgan fingerprint density at radius 3 is 2.67 bits per heavy atom. The van der Waals surface area contributed by atoms with Crippen LogP contribution in [0.3, 0.4) is 0 Å². The summed E-state index contributed by atoms with van der Waals surface area (Å²) in [5.41, 5.74) is 5.14. The van der Waals surface area contributed by atoms with E-state index in [1.165, 1.54) is 6.21 Å². The van der Waals surface area contributed by atoms with Crippen LogP contribution < -0.4 is 5.43 Å². The summed E-state index contributed by atoms with van der Waals surface area (Å²) in [4.78, 5) is 11.8. The lowest BCUT2D eigenvalue weighted by Crippen LogP contribution is -2.31. The van der Waals surface area contributed by atoms with E-state index in [-0.39, 0.29) is 23.5 Å². The van der Waals surface area contributed by atoms with Crippen molar-refractivity contribution in [3.63, 3.8) is 0 Å². The van der Waals surface area contributed by atoms with E-state index in [4.69, 9.17) is 23.2 Å². The molecule has 6 heteroatoms. The smallest absolute Gasteiger partial charge is 0.244 e. The monoisotopic (exact) mass is 362 g/mol. The fourth-order valence-electron chi connectivity index (χ4n) is 3.04. The van der Waals surface area contributed by atoms with Crippen LogP contribution in [0.4, 0.5) is 0 Å². The van der Waals surface area contributed by atoms with Gasteiger partial charge in [-0.2, -0.15) is 5.10 Å². The van der Waals surface area contributed by atoms with Crippen LogP contribution in [0.2, 0.25) is 0 Å². The predicted molar refractivity (Wildman–Crippen MR) is 95.7 cm³/mol. The van der Waals surface area contributed by atoms with Gasteiger partial charge in [0.1, 0.15) is 10.6 Å². The van der Waals surface area contributed by atoms with Gasteiger partial charge in [-0.3, -0.25) is 4.79 Å². The maximum absolute atomic E-state index is 12.5. The first-order valence-electron chi connectivity index (χ1n) is 7.55. The number of amides is 1. The maximum Gasteiger partial charge on any atom is 0.244 e. The summed E-state index contributed by atoms with van der Waals surface area (Å²) in [6, 6.07) is 14.5. The molecule has 2 aromatic rings. The number of phenolic OH excluding ortho intramolecular Hbond substituents is 1. The second-order valence-electron chi connectivity index (χ2n) is 5.66. The number of nitrogens with zero attached hydrogens (tertiary/aromatic N) is 1. The Bertz CT molecular complexity index is 777. The maximum atomic E-state index is 12.5. The number of hydrogen-bond acceptors (Lipinski definition) is 3. The van der Waals surface area contributed by atoms with Gasteiger partial charge in [0.05, 0.1) is 12.1 Å². The molecule has 0 heterocycles. The molecule has 0 aromatic heterocycles. The number of phenols is 1. The van der Waals surface area contributed by atoms with Crippen molar-refractivity contribution in [1.29, 1.82) is 0 Å². The second kappa shape index (κ2) is 7.24. The van der Waals surface area contributed by atoms with Crippen molar-refractivity contribution < 1.29 is 9.90 Å². The fourth-order valence-corrected chi connectivity index (χ4v) is 3.66. The first-order chi connectivity index (χ1) is 11.6. The summed E-state index contributed by atoms with van der Waals surface area (Å²) in [5, 5.41) is 13.6. The lowest BCUT2D eigenvalue weighted by atomic mass is 9.93. The van der Waals surface area contributed by atoms with Crippen LogP contribution in [0.25, 0.3) is 0 Å². The van der Waals surface area contributed by atoms with Gasteiger partial charge in [-0.25, -0.2) is 5.43 Å². The van der Waals surface area contributed by atoms with E-state index in [1.807, 2.05) is 24.3 Å². The molecule has 0 fully saturated rings. The number of carbonyl (C=O) groups is 1. The number of nitrogens with one attached hydrogen (secondary N) is 1. The molecule has 0 bridgehead atoms. The van der Waals surface area contributed by atoms with Gasteiger partial charge < -0.3 is 5.11 Å². The molecule has 0 saturated carbocycles. The highest BCUT2D eigenvalue weighted by Crippen LogP contribution is 2.43. The van der Waals surface area contributed by atoms with E-state index in [1.54, 1.807) is 24.3 Å². The van der Waals surface area contributed by atoms with Crippen LogP contribution in [-0.2, 0) is 11.2 Å². The number of rotatable bonds is 4. The predicted octanol–water partition coefficient (Wildman–Crippen LogP) is 3.60. The quantitative estimate of drug-likeness (QED) is 0.495. The number of para-hydroxylation sites is 1. The molecule has 3 rings (SSSR count). The van der Waals surface area contributed by atoms with E-state index in [0.717, 1.165) is 11.1 Å². The van der Waals surface area contributed by atoms with Crippen LogP contribution in [0, 0.1) is 5.92 Å². The average molecular weight is 363 g/mol. The summed E-state index contributed by atoms with van der Waals surface area (Å²) < 4.78 is 0. The molecular weight excluding hydrogens is 347 g/mol. The van der Waals surface area contributed by atoms with E-state index < -0.39 is 4.84 Å². The van der Waals surface area contributed by atoms with Gasteiger partial charge in [-0.15, -0.1) is 23.2 Å². The van der Waals surface area contributed by atoms with Crippen molar-refractivity contribution in [2.75, 3.05) is 0 Å². The molecule has 0 saturated heterocycles. The first kappa shape index (κ1) is 16.8. The minimum absolute atomic E-state index is 0.100. The molecule has 0 aliphatic heterocycles. The Balaban J connectivity index is 1.72. The number of aromatic hydroxyl groups is 1. The Labute approximate surface area is 150 Å². The van der Waals surface area contributed by atoms with Crippen LogP contribution >= 0.6 is 23.2 Å². The molecule has 24 heavy (non-hydrogen) atoms. The van der Waals surface area contributed by atoms with Gasteiger partial charge in [0.2, 0.25) is 5.91 Å². The highest BCUT2D eigenvalue weighted by atomic mass is 35.5. The Kier molecular flexibility index (Phi) is 5.07. The lowest BCUT2D eigenvalue weighted by Gasteiger charge is -2.19. The third-order valence-electron chi connectivity index (χ3n) is 4.21. The first-order valence-corrected chi connectivity index (χ1v) is 8.42. The van der Waals surface area contributed by atoms with Crippen LogP contribution in [0.5, 0.6) is 5.75 Å². The van der Waals surface area contributed by atoms with Crippen LogP contribution in [-0.4, -0.2) is 22.1 Å². The molecule has 1 aliphatic carbocycles. The zero-order chi connectivity index (χ0) is 17.1. The summed E-state index contributed by atoms with van der Waals surface area (Å²) in [6.45, 7) is 0. The van der Waals surface area contributed by atoms with Gasteiger partial charge >= 0.3 is 0 Å². The Hall–Kier alpha value is -2.04. The summed E-state index contributed by atoms with van der Waals surface area (Å²) in [6.07, 6.45) is 1.98. The molecular formula is C18H16Cl2N2O2. The largest absolute Gasteiger partial charge is 0.507 e. The number of benzene rings is 2. The minimum Gasteiger partial charge on any atom is -0.507 e. The van der Waals surface area contributed by atoms with E-state index in [9.17, 15) is 9.90 Å². The standard InChI is InChI=1S/C18H16Cl2N2O2/c19-17(20)16-13-7-3-1-5-11(13)9-14(16)18(24)22-21-10-12-6-2-4-8-15(12)23/h1-8,10,14,16-17,23H,9H2,(H,22,24)/b21-10+/t14-,16-/m1/s1. The average Bonchev–Trinajstić information content (AvgIpc) is 2.96. The van der Waals surface area contributed by atoms with Crippen LogP contribution in [0.1, 0.15) is 22.6 Å². The molecule has 2 N–H and O–H groups in total. The molecule has 1 amide bonds. The highest BCUT2D eigenvalue weighted by molar-refractivity contribution is 6.45. The van der Waals surface area contributed by atoms with Gasteiger partial charge in [-0.1, -0.05) is 36.4 Å². The zero-order valence-electron chi connectivity index (χ0n) is 12.7. The number of carbonyl (C=O) groups excluding carboxylic acids is 1. The second-order valence-corrected chi connectivity index (χ2v) is 6.83. The highest BCUT2D eigenvalue weighted by Gasteiger charge is 2.40. The molecule has 2 atom stereocenters. The topological polar surface area (TPSA) is 61.7 Å². The van der Waals surface area contributed by atoms with Crippen molar-refractivity contribution in [1.82, 2.24) is 5.43 Å². The summed E-state index contributed by atoms with van der Waals surface area (Å²) >= 11 is 12.2. The van der Waals surface area contributed by atoms with Gasteiger partial charge in [0, 0.05) is 11.5 Å². The number of halogens is 2. The molecule has 2 aromatic carbocycles. The molecule has 0 unspecified atom stereocenters. The lowest BCUT2D eigenvalue weighted by molar-refractivity contribution is -0.125. The van der Waals surface area contributed by atoms with Crippen molar-refractivity contribution >= 4 is 35.3 Å². The van der Waals surface area contributed by atoms with Gasteiger partial charge in [0.15, 0.2) is 0 Å². The van der Waals surface area contributed by atoms with Crippen molar-refractivity contribution in [3.05, 3.63) is 65.2 Å². The molecule has 0 radical (unpaired) electrons. The Morgan fingerprint density at radius 2 is 1.92 bits per heavy atom. The SMILES string of the molecule is O=C(N/N=C/c1ccccc1O)[C@@H]1Cc2ccccc2[C@H]1C(Cl)Cl. The third-order valence-corrected chi connectivity index (χ3v) is 4.75. The van der Waals surface area contributed by atoms with Crippen molar-refractivity contribution in [2.45, 2.75) is 17.2 Å².